The summed E-state index contributed by atoms with van der Waals surface area (Å²) in [7, 11) is 1.49. The Kier molecular flexibility index (Phi) is 8.52. The Morgan fingerprint density at radius 3 is 2.36 bits per heavy atom. The van der Waals surface area contributed by atoms with Gasteiger partial charge in [0.25, 0.3) is 5.91 Å². The number of methoxy groups -OCH3 is 1. The van der Waals surface area contributed by atoms with Crippen LogP contribution in [0.15, 0.2) is 42.5 Å². The Morgan fingerprint density at radius 2 is 1.76 bits per heavy atom. The van der Waals surface area contributed by atoms with Gasteiger partial charge in [-0.2, -0.15) is 0 Å². The fourth-order valence-electron chi connectivity index (χ4n) is 3.64. The molecule has 1 aliphatic heterocycles. The van der Waals surface area contributed by atoms with Gasteiger partial charge in [0, 0.05) is 49.0 Å². The van der Waals surface area contributed by atoms with Crippen molar-refractivity contribution in [2.24, 2.45) is 5.92 Å². The Morgan fingerprint density at radius 1 is 1.09 bits per heavy atom. The van der Waals surface area contributed by atoms with Gasteiger partial charge in [-0.3, -0.25) is 14.9 Å². The number of ether oxygens (including phenoxy) is 1. The minimum Gasteiger partial charge on any atom is -0.496 e. The topological polar surface area (TPSA) is 73.9 Å². The van der Waals surface area contributed by atoms with Gasteiger partial charge in [0.2, 0.25) is 5.91 Å². The van der Waals surface area contributed by atoms with Crippen LogP contribution >= 0.6 is 23.8 Å². The highest BCUT2D eigenvalue weighted by atomic mass is 35.5. The second-order valence-corrected chi connectivity index (χ2v) is 9.11. The summed E-state index contributed by atoms with van der Waals surface area (Å²) in [6, 6.07) is 12.6. The highest BCUT2D eigenvalue weighted by Gasteiger charge is 2.21. The van der Waals surface area contributed by atoms with Crippen molar-refractivity contribution in [1.82, 2.24) is 10.2 Å². The third-order valence-corrected chi connectivity index (χ3v) is 5.78. The van der Waals surface area contributed by atoms with Crippen molar-refractivity contribution < 1.29 is 14.3 Å². The summed E-state index contributed by atoms with van der Waals surface area (Å²) in [5.74, 6) is 0.609. The number of hydrogen-bond donors (Lipinski definition) is 2. The van der Waals surface area contributed by atoms with Crippen molar-refractivity contribution >= 4 is 52.1 Å². The van der Waals surface area contributed by atoms with Crippen LogP contribution in [-0.4, -0.2) is 55.1 Å². The van der Waals surface area contributed by atoms with E-state index in [0.717, 1.165) is 37.6 Å². The number of hydrogen-bond acceptors (Lipinski definition) is 5. The van der Waals surface area contributed by atoms with E-state index in [4.69, 9.17) is 28.6 Å². The number of amides is 2. The Bertz CT molecular complexity index is 1010. The average molecular weight is 489 g/mol. The van der Waals surface area contributed by atoms with Crippen molar-refractivity contribution in [3.8, 4) is 5.75 Å². The van der Waals surface area contributed by atoms with Gasteiger partial charge in [0.1, 0.15) is 5.75 Å². The van der Waals surface area contributed by atoms with E-state index in [1.165, 1.54) is 13.2 Å². The van der Waals surface area contributed by atoms with Gasteiger partial charge in [-0.15, -0.1) is 0 Å². The van der Waals surface area contributed by atoms with Gasteiger partial charge >= 0.3 is 0 Å². The molecule has 0 atom stereocenters. The molecule has 2 aromatic rings. The minimum atomic E-state index is -0.409. The third-order valence-electron chi connectivity index (χ3n) is 5.34. The molecule has 1 heterocycles. The standard InChI is InChI=1S/C24H29ClN4O3S/c1-16(2)14-22(30)29-12-10-28(11-13-29)19-7-5-18(6-8-19)26-24(33)27-23(31)20-15-17(25)4-9-21(20)32-3/h4-9,15-16H,10-14H2,1-3H3,(H2,26,27,31,33). The van der Waals surface area contributed by atoms with E-state index in [9.17, 15) is 9.59 Å². The zero-order valence-corrected chi connectivity index (χ0v) is 20.6. The van der Waals surface area contributed by atoms with Crippen LogP contribution in [0.4, 0.5) is 11.4 Å². The van der Waals surface area contributed by atoms with Crippen LogP contribution in [0.5, 0.6) is 5.75 Å². The predicted molar refractivity (Wildman–Crippen MR) is 136 cm³/mol. The molecule has 176 valence electrons. The van der Waals surface area contributed by atoms with Crippen LogP contribution in [0.3, 0.4) is 0 Å². The first-order valence-corrected chi connectivity index (χ1v) is 11.6. The number of benzene rings is 2. The number of rotatable bonds is 6. The van der Waals surface area contributed by atoms with Crippen LogP contribution in [0.2, 0.25) is 5.02 Å². The Hall–Kier alpha value is -2.84. The SMILES string of the molecule is COc1ccc(Cl)cc1C(=O)NC(=S)Nc1ccc(N2CCN(C(=O)CC(C)C)CC2)cc1. The number of nitrogens with one attached hydrogen (secondary N) is 2. The molecule has 9 heteroatoms. The lowest BCUT2D eigenvalue weighted by Gasteiger charge is -2.36. The van der Waals surface area contributed by atoms with Crippen molar-refractivity contribution in [1.29, 1.82) is 0 Å². The van der Waals surface area contributed by atoms with E-state index in [1.54, 1.807) is 12.1 Å². The van der Waals surface area contributed by atoms with Crippen molar-refractivity contribution in [3.63, 3.8) is 0 Å². The van der Waals surface area contributed by atoms with Crippen LogP contribution in [0, 0.1) is 5.92 Å². The van der Waals surface area contributed by atoms with Crippen molar-refractivity contribution in [3.05, 3.63) is 53.1 Å². The molecule has 2 N–H and O–H groups in total. The summed E-state index contributed by atoms with van der Waals surface area (Å²) in [5.41, 5.74) is 2.14. The number of thiocarbonyl (C=S) groups is 1. The number of halogens is 1. The van der Waals surface area contributed by atoms with Gasteiger partial charge in [0.05, 0.1) is 12.7 Å². The molecule has 0 aromatic heterocycles. The van der Waals surface area contributed by atoms with E-state index in [2.05, 4.69) is 29.4 Å². The van der Waals surface area contributed by atoms with E-state index in [0.29, 0.717) is 28.7 Å². The fraction of sp³-hybridized carbons (Fsp3) is 0.375. The molecule has 2 aromatic carbocycles. The summed E-state index contributed by atoms with van der Waals surface area (Å²) >= 11 is 11.3. The largest absolute Gasteiger partial charge is 0.496 e. The highest BCUT2D eigenvalue weighted by Crippen LogP contribution is 2.23. The van der Waals surface area contributed by atoms with Crippen molar-refractivity contribution in [2.45, 2.75) is 20.3 Å². The maximum absolute atomic E-state index is 12.6. The lowest BCUT2D eigenvalue weighted by atomic mass is 10.1. The molecule has 7 nitrogen and oxygen atoms in total. The summed E-state index contributed by atoms with van der Waals surface area (Å²) in [6.07, 6.45) is 0.598. The number of piperazine rings is 1. The van der Waals surface area contributed by atoms with Gasteiger partial charge in [-0.25, -0.2) is 0 Å². The molecule has 3 rings (SSSR count). The lowest BCUT2D eigenvalue weighted by molar-refractivity contribution is -0.132. The number of nitrogens with zero attached hydrogens (tertiary/aromatic N) is 2. The maximum atomic E-state index is 12.6. The quantitative estimate of drug-likeness (QED) is 0.594. The molecule has 0 spiro atoms. The average Bonchev–Trinajstić information content (AvgIpc) is 2.79. The van der Waals surface area contributed by atoms with E-state index >= 15 is 0 Å². The summed E-state index contributed by atoms with van der Waals surface area (Å²) in [4.78, 5) is 29.0. The fourth-order valence-corrected chi connectivity index (χ4v) is 4.02. The molecule has 0 unspecified atom stereocenters. The molecule has 33 heavy (non-hydrogen) atoms. The first-order chi connectivity index (χ1) is 15.8. The molecule has 1 aliphatic rings. The predicted octanol–water partition coefficient (Wildman–Crippen LogP) is 4.17. The summed E-state index contributed by atoms with van der Waals surface area (Å²) in [6.45, 7) is 7.19. The molecular weight excluding hydrogens is 460 g/mol. The molecule has 0 radical (unpaired) electrons. The zero-order chi connectivity index (χ0) is 24.0. The van der Waals surface area contributed by atoms with Gasteiger partial charge in [-0.1, -0.05) is 25.4 Å². The summed E-state index contributed by atoms with van der Waals surface area (Å²) in [5, 5.41) is 6.27. The minimum absolute atomic E-state index is 0.173. The number of carbonyl (C=O) groups excluding carboxylic acids is 2. The molecule has 0 saturated carbocycles. The molecule has 2 amide bonds. The zero-order valence-electron chi connectivity index (χ0n) is 19.1. The first-order valence-electron chi connectivity index (χ1n) is 10.9. The van der Waals surface area contributed by atoms with Crippen molar-refractivity contribution in [2.75, 3.05) is 43.5 Å². The van der Waals surface area contributed by atoms with E-state index in [1.807, 2.05) is 29.2 Å². The van der Waals surface area contributed by atoms with Crippen LogP contribution in [0.25, 0.3) is 0 Å². The third kappa shape index (κ3) is 6.82. The van der Waals surface area contributed by atoms with Crippen LogP contribution < -0.4 is 20.3 Å². The molecular formula is C24H29ClN4O3S. The van der Waals surface area contributed by atoms with Gasteiger partial charge in [0.15, 0.2) is 5.11 Å². The Balaban J connectivity index is 1.53. The summed E-state index contributed by atoms with van der Waals surface area (Å²) < 4.78 is 5.22. The second-order valence-electron chi connectivity index (χ2n) is 8.27. The molecule has 0 aliphatic carbocycles. The highest BCUT2D eigenvalue weighted by molar-refractivity contribution is 7.80. The Labute approximate surface area is 205 Å². The normalized spacial score (nSPS) is 13.6. The van der Waals surface area contributed by atoms with Crippen LogP contribution in [0.1, 0.15) is 30.6 Å². The van der Waals surface area contributed by atoms with Crippen LogP contribution in [-0.2, 0) is 4.79 Å². The number of carbonyl (C=O) groups is 2. The first kappa shape index (κ1) is 24.8. The molecule has 0 bridgehead atoms. The van der Waals surface area contributed by atoms with E-state index in [-0.39, 0.29) is 11.0 Å². The van der Waals surface area contributed by atoms with Gasteiger partial charge < -0.3 is 19.9 Å². The van der Waals surface area contributed by atoms with E-state index < -0.39 is 5.91 Å². The monoisotopic (exact) mass is 488 g/mol. The second kappa shape index (κ2) is 11.3. The maximum Gasteiger partial charge on any atom is 0.261 e. The smallest absolute Gasteiger partial charge is 0.261 e. The lowest BCUT2D eigenvalue weighted by Crippen LogP contribution is -2.49. The molecule has 1 fully saturated rings. The number of anilines is 2. The molecule has 1 saturated heterocycles. The van der Waals surface area contributed by atoms with Gasteiger partial charge in [-0.05, 0) is 60.6 Å².